The Morgan fingerprint density at radius 3 is 0.836 bits per heavy atom. The van der Waals surface area contributed by atoms with Gasteiger partial charge < -0.3 is 4.98 Å². The van der Waals surface area contributed by atoms with Gasteiger partial charge in [-0.25, -0.2) is 0 Å². The maximum atomic E-state index is 4.62. The fourth-order valence-electron chi connectivity index (χ4n) is 8.30. The summed E-state index contributed by atoms with van der Waals surface area (Å²) in [5.41, 5.74) is 10.2. The smallest absolute Gasteiger partial charge is 0.250 e. The number of hydrogen-bond donors (Lipinski definition) is 1. The molecule has 0 saturated heterocycles. The van der Waals surface area contributed by atoms with Crippen LogP contribution in [0.15, 0.2) is 224 Å². The van der Waals surface area contributed by atoms with Crippen LogP contribution < -0.4 is 20.5 Å². The zero-order chi connectivity index (χ0) is 37.5. The quantitative estimate of drug-likeness (QED) is 0.0977. The van der Waals surface area contributed by atoms with Crippen molar-refractivity contribution < 1.29 is 0 Å². The number of rotatable bonds is 12. The Labute approximate surface area is 328 Å². The van der Waals surface area contributed by atoms with Crippen molar-refractivity contribution in [2.45, 2.75) is 31.6 Å². The third kappa shape index (κ3) is 7.34. The first kappa shape index (κ1) is 35.8. The van der Waals surface area contributed by atoms with Crippen LogP contribution in [0.3, 0.4) is 0 Å². The molecular formula is C53H47NSi. The average molecular weight is 726 g/mol. The molecule has 0 heterocycles. The second kappa shape index (κ2) is 16.4. The molecule has 0 spiro atoms. The third-order valence-electron chi connectivity index (χ3n) is 11.0. The molecule has 0 bridgehead atoms. The number of hydrogen-bond acceptors (Lipinski definition) is 1. The van der Waals surface area contributed by atoms with Crippen LogP contribution in [0, 0.1) is 0 Å². The summed E-state index contributed by atoms with van der Waals surface area (Å²) in [6, 6.07) is 82.9. The van der Waals surface area contributed by atoms with Crippen molar-refractivity contribution in [3.63, 3.8) is 0 Å². The Hall–Kier alpha value is -6.22. The van der Waals surface area contributed by atoms with E-state index in [4.69, 9.17) is 0 Å². The molecular weight excluding hydrogens is 679 g/mol. The summed E-state index contributed by atoms with van der Waals surface area (Å²) in [7, 11) is -3.02. The Morgan fingerprint density at radius 1 is 0.327 bits per heavy atom. The predicted octanol–water partition coefficient (Wildman–Crippen LogP) is 11.2. The monoisotopic (exact) mass is 725 g/mol. The predicted molar refractivity (Wildman–Crippen MR) is 236 cm³/mol. The van der Waals surface area contributed by atoms with E-state index in [1.54, 1.807) is 0 Å². The highest BCUT2D eigenvalue weighted by atomic mass is 28.3. The fraction of sp³-hybridized carbons (Fsp3) is 0.0943. The van der Waals surface area contributed by atoms with Crippen molar-refractivity contribution in [3.8, 4) is 0 Å². The minimum absolute atomic E-state index is 0.0245. The molecule has 0 saturated carbocycles. The van der Waals surface area contributed by atoms with E-state index in [-0.39, 0.29) is 11.8 Å². The first-order valence-corrected chi connectivity index (χ1v) is 21.5. The van der Waals surface area contributed by atoms with E-state index in [0.717, 1.165) is 0 Å². The number of benzene rings is 8. The second-order valence-corrected chi connectivity index (χ2v) is 18.2. The zero-order valence-electron chi connectivity index (χ0n) is 31.6. The first-order chi connectivity index (χ1) is 27.1. The molecule has 8 aromatic rings. The van der Waals surface area contributed by atoms with Crippen LogP contribution >= 0.6 is 0 Å². The highest BCUT2D eigenvalue weighted by Crippen LogP contribution is 2.45. The summed E-state index contributed by atoms with van der Waals surface area (Å²) in [6.07, 6.45) is 0. The van der Waals surface area contributed by atoms with Gasteiger partial charge in [0.1, 0.15) is 0 Å². The second-order valence-electron chi connectivity index (χ2n) is 14.7. The highest BCUT2D eigenvalue weighted by Gasteiger charge is 2.42. The average Bonchev–Trinajstić information content (AvgIpc) is 3.26. The van der Waals surface area contributed by atoms with Crippen molar-refractivity contribution in [1.29, 1.82) is 0 Å². The van der Waals surface area contributed by atoms with Crippen LogP contribution in [0.4, 0.5) is 5.69 Å². The van der Waals surface area contributed by atoms with E-state index >= 15 is 0 Å². The van der Waals surface area contributed by atoms with E-state index < -0.39 is 8.24 Å². The summed E-state index contributed by atoms with van der Waals surface area (Å²) in [5, 5.41) is 3.93. The molecule has 8 aromatic carbocycles. The molecule has 0 atom stereocenters. The minimum atomic E-state index is -3.02. The van der Waals surface area contributed by atoms with Crippen molar-refractivity contribution >= 4 is 29.5 Å². The Morgan fingerprint density at radius 2 is 0.582 bits per heavy atom. The molecule has 1 N–H and O–H groups in total. The molecule has 55 heavy (non-hydrogen) atoms. The van der Waals surface area contributed by atoms with Gasteiger partial charge in [0.25, 0.3) is 8.24 Å². The van der Waals surface area contributed by atoms with Crippen LogP contribution in [0.2, 0.25) is 0 Å². The summed E-state index contributed by atoms with van der Waals surface area (Å²) in [5.74, 6) is 0.262. The Bertz CT molecular complexity index is 2120. The van der Waals surface area contributed by atoms with E-state index in [0.29, 0.717) is 5.92 Å². The molecule has 0 radical (unpaired) electrons. The van der Waals surface area contributed by atoms with E-state index in [1.807, 2.05) is 0 Å². The lowest BCUT2D eigenvalue weighted by Crippen LogP contribution is -2.73. The SMILES string of the molecule is CC(C)c1cc(C(c2ccccc2)c2ccccc2)c(N[Si](c2ccccc2)(c2ccccc2)c2ccccc2)c(C(c2ccccc2)c2ccccc2)c1. The molecule has 0 aromatic heterocycles. The first-order valence-electron chi connectivity index (χ1n) is 19.5. The van der Waals surface area contributed by atoms with E-state index in [2.05, 4.69) is 243 Å². The standard InChI is InChI=1S/C53H47NSi/c1-40(2)45-38-49(51(41-24-10-3-11-25-41)42-26-12-4-13-27-42)53(50(39-45)52(43-28-14-5-15-29-43)44-30-16-6-17-31-44)54-55(46-32-18-7-19-33-46,47-34-20-8-21-35-47)48-36-22-9-23-37-48/h3-40,51-52,54H,1-2H3. The molecule has 0 fully saturated rings. The van der Waals surface area contributed by atoms with Gasteiger partial charge in [0.2, 0.25) is 0 Å². The molecule has 268 valence electrons. The van der Waals surface area contributed by atoms with Crippen LogP contribution in [0.5, 0.6) is 0 Å². The van der Waals surface area contributed by atoms with Gasteiger partial charge in [-0.05, 0) is 60.4 Å². The lowest BCUT2D eigenvalue weighted by Gasteiger charge is -2.39. The van der Waals surface area contributed by atoms with Crippen molar-refractivity contribution in [2.24, 2.45) is 0 Å². The lowest BCUT2D eigenvalue weighted by atomic mass is 9.77. The third-order valence-corrected chi connectivity index (χ3v) is 15.2. The Balaban J connectivity index is 1.54. The van der Waals surface area contributed by atoms with Gasteiger partial charge in [0.15, 0.2) is 0 Å². The van der Waals surface area contributed by atoms with Crippen LogP contribution in [0.25, 0.3) is 0 Å². The van der Waals surface area contributed by atoms with Gasteiger partial charge in [-0.15, -0.1) is 0 Å². The topological polar surface area (TPSA) is 12.0 Å². The molecule has 1 nitrogen and oxygen atoms in total. The molecule has 0 aliphatic heterocycles. The van der Waals surface area contributed by atoms with E-state index in [9.17, 15) is 0 Å². The maximum Gasteiger partial charge on any atom is 0.250 e. The maximum absolute atomic E-state index is 4.62. The normalized spacial score (nSPS) is 11.6. The minimum Gasteiger partial charge on any atom is -0.399 e. The summed E-state index contributed by atoms with van der Waals surface area (Å²) < 4.78 is 0. The fourth-order valence-corrected chi connectivity index (χ4v) is 12.5. The molecule has 0 amide bonds. The zero-order valence-corrected chi connectivity index (χ0v) is 32.6. The van der Waals surface area contributed by atoms with Crippen LogP contribution in [-0.4, -0.2) is 8.24 Å². The van der Waals surface area contributed by atoms with Crippen LogP contribution in [-0.2, 0) is 0 Å². The molecule has 0 unspecified atom stereocenters. The van der Waals surface area contributed by atoms with Crippen molar-refractivity contribution in [3.05, 3.63) is 263 Å². The van der Waals surface area contributed by atoms with Gasteiger partial charge in [-0.2, -0.15) is 0 Å². The van der Waals surface area contributed by atoms with Crippen molar-refractivity contribution in [2.75, 3.05) is 4.98 Å². The van der Waals surface area contributed by atoms with Gasteiger partial charge in [-0.1, -0.05) is 238 Å². The number of nitrogens with one attached hydrogen (secondary N) is 1. The summed E-state index contributed by atoms with van der Waals surface area (Å²) in [4.78, 5) is 4.62. The summed E-state index contributed by atoms with van der Waals surface area (Å²) >= 11 is 0. The highest BCUT2D eigenvalue weighted by molar-refractivity contribution is 7.13. The molecule has 0 aliphatic carbocycles. The largest absolute Gasteiger partial charge is 0.399 e. The van der Waals surface area contributed by atoms with E-state index in [1.165, 1.54) is 60.2 Å². The molecule has 2 heteroatoms. The van der Waals surface area contributed by atoms with Gasteiger partial charge >= 0.3 is 0 Å². The van der Waals surface area contributed by atoms with Gasteiger partial charge in [0, 0.05) is 17.5 Å². The number of anilines is 1. The van der Waals surface area contributed by atoms with Crippen LogP contribution in [0.1, 0.15) is 70.5 Å². The molecule has 8 rings (SSSR count). The van der Waals surface area contributed by atoms with Gasteiger partial charge in [0.05, 0.1) is 0 Å². The van der Waals surface area contributed by atoms with Gasteiger partial charge in [-0.3, -0.25) is 0 Å². The van der Waals surface area contributed by atoms with Crippen molar-refractivity contribution in [1.82, 2.24) is 0 Å². The molecule has 0 aliphatic rings. The Kier molecular flexibility index (Phi) is 10.7. The lowest BCUT2D eigenvalue weighted by molar-refractivity contribution is 0.847. The summed E-state index contributed by atoms with van der Waals surface area (Å²) in [6.45, 7) is 4.65.